The lowest BCUT2D eigenvalue weighted by atomic mass is 9.64. The Hall–Kier alpha value is -2.34. The third-order valence-corrected chi connectivity index (χ3v) is 8.14. The van der Waals surface area contributed by atoms with Crippen molar-refractivity contribution in [2.45, 2.75) is 77.1 Å². The van der Waals surface area contributed by atoms with Gasteiger partial charge in [-0.15, -0.1) is 0 Å². The first-order chi connectivity index (χ1) is 16.2. The number of esters is 1. The minimum atomic E-state index is -4.50. The summed E-state index contributed by atoms with van der Waals surface area (Å²) < 4.78 is 46.8. The minimum absolute atomic E-state index is 0.0964. The smallest absolute Gasteiger partial charge is 0.416 e. The van der Waals surface area contributed by atoms with Gasteiger partial charge in [0, 0.05) is 5.92 Å². The van der Waals surface area contributed by atoms with Crippen molar-refractivity contribution in [3.8, 4) is 0 Å². The minimum Gasteiger partial charge on any atom is -0.460 e. The SMILES string of the molecule is Cc1ccc(C(F)(F)F)cc1[C@@](C)(C(=O)O[C@H]1C[C@H](C)CC[C@H]1C(C)(C)c1ccccc1)N(C)C. The summed E-state index contributed by atoms with van der Waals surface area (Å²) in [5.74, 6) is -0.0199. The maximum Gasteiger partial charge on any atom is 0.416 e. The van der Waals surface area contributed by atoms with Gasteiger partial charge in [0.05, 0.1) is 5.56 Å². The molecule has 1 aliphatic carbocycles. The second kappa shape index (κ2) is 9.96. The quantitative estimate of drug-likeness (QED) is 0.405. The molecule has 3 rings (SSSR count). The third-order valence-electron chi connectivity index (χ3n) is 8.14. The van der Waals surface area contributed by atoms with E-state index in [0.717, 1.165) is 31.4 Å². The van der Waals surface area contributed by atoms with Crippen LogP contribution in [0.5, 0.6) is 0 Å². The first kappa shape index (κ1) is 27.3. The molecule has 0 N–H and O–H groups in total. The number of rotatable bonds is 6. The fraction of sp³-hybridized carbons (Fsp3) is 0.552. The van der Waals surface area contributed by atoms with Gasteiger partial charge in [0.2, 0.25) is 0 Å². The molecule has 2 aromatic carbocycles. The lowest BCUT2D eigenvalue weighted by molar-refractivity contribution is -0.170. The fourth-order valence-corrected chi connectivity index (χ4v) is 5.47. The highest BCUT2D eigenvalue weighted by Gasteiger charge is 2.47. The zero-order valence-electron chi connectivity index (χ0n) is 21.9. The van der Waals surface area contributed by atoms with E-state index < -0.39 is 23.2 Å². The molecule has 3 nitrogen and oxygen atoms in total. The molecule has 6 heteroatoms. The summed E-state index contributed by atoms with van der Waals surface area (Å²) in [7, 11) is 3.41. The molecule has 0 saturated heterocycles. The number of aryl methyl sites for hydroxylation is 1. The van der Waals surface area contributed by atoms with Gasteiger partial charge in [0.15, 0.2) is 0 Å². The van der Waals surface area contributed by atoms with Crippen molar-refractivity contribution in [2.75, 3.05) is 14.1 Å². The van der Waals surface area contributed by atoms with Gasteiger partial charge >= 0.3 is 12.1 Å². The number of hydrogen-bond acceptors (Lipinski definition) is 3. The Labute approximate surface area is 207 Å². The monoisotopic (exact) mass is 489 g/mol. The van der Waals surface area contributed by atoms with E-state index in [-0.39, 0.29) is 17.4 Å². The number of alkyl halides is 3. The average molecular weight is 490 g/mol. The van der Waals surface area contributed by atoms with E-state index in [4.69, 9.17) is 4.74 Å². The number of carbonyl (C=O) groups excluding carboxylic acids is 1. The molecule has 1 aliphatic rings. The second-order valence-electron chi connectivity index (χ2n) is 11.1. The molecule has 0 bridgehead atoms. The summed E-state index contributed by atoms with van der Waals surface area (Å²) in [6, 6.07) is 13.8. The number of likely N-dealkylation sites (N-methyl/N-ethyl adjacent to an activating group) is 1. The first-order valence-corrected chi connectivity index (χ1v) is 12.3. The van der Waals surface area contributed by atoms with Crippen LogP contribution >= 0.6 is 0 Å². The molecule has 0 aromatic heterocycles. The van der Waals surface area contributed by atoms with Gasteiger partial charge in [-0.05, 0) is 80.9 Å². The Morgan fingerprint density at radius 2 is 1.60 bits per heavy atom. The van der Waals surface area contributed by atoms with E-state index in [2.05, 4.69) is 32.9 Å². The van der Waals surface area contributed by atoms with Crippen LogP contribution < -0.4 is 0 Å². The van der Waals surface area contributed by atoms with Crippen molar-refractivity contribution in [3.63, 3.8) is 0 Å². The number of hydrogen-bond donors (Lipinski definition) is 0. The Balaban J connectivity index is 1.99. The van der Waals surface area contributed by atoms with E-state index in [1.165, 1.54) is 11.6 Å². The van der Waals surface area contributed by atoms with Gasteiger partial charge in [-0.3, -0.25) is 4.90 Å². The molecule has 0 aliphatic heterocycles. The van der Waals surface area contributed by atoms with Gasteiger partial charge in [-0.25, -0.2) is 4.79 Å². The summed E-state index contributed by atoms with van der Waals surface area (Å²) in [6.45, 7) is 9.92. The predicted octanol–water partition coefficient (Wildman–Crippen LogP) is 7.12. The van der Waals surface area contributed by atoms with E-state index in [1.54, 1.807) is 32.8 Å². The molecule has 0 heterocycles. The van der Waals surface area contributed by atoms with Gasteiger partial charge in [-0.1, -0.05) is 63.6 Å². The highest BCUT2D eigenvalue weighted by atomic mass is 19.4. The van der Waals surface area contributed by atoms with E-state index >= 15 is 0 Å². The Morgan fingerprint density at radius 1 is 0.971 bits per heavy atom. The zero-order valence-corrected chi connectivity index (χ0v) is 21.9. The zero-order chi connectivity index (χ0) is 26.2. The van der Waals surface area contributed by atoms with Crippen molar-refractivity contribution in [3.05, 3.63) is 70.8 Å². The lowest BCUT2D eigenvalue weighted by Crippen LogP contribution is -2.51. The van der Waals surface area contributed by atoms with Crippen molar-refractivity contribution >= 4 is 5.97 Å². The van der Waals surface area contributed by atoms with Crippen molar-refractivity contribution in [1.29, 1.82) is 0 Å². The van der Waals surface area contributed by atoms with Crippen LogP contribution in [0.2, 0.25) is 0 Å². The maximum atomic E-state index is 13.9. The summed E-state index contributed by atoms with van der Waals surface area (Å²) >= 11 is 0. The van der Waals surface area contributed by atoms with Crippen LogP contribution in [0.15, 0.2) is 48.5 Å². The molecule has 0 unspecified atom stereocenters. The number of carbonyl (C=O) groups is 1. The Kier molecular flexibility index (Phi) is 7.76. The number of benzene rings is 2. The molecular weight excluding hydrogens is 451 g/mol. The van der Waals surface area contributed by atoms with Crippen LogP contribution in [0.4, 0.5) is 13.2 Å². The Bertz CT molecular complexity index is 1030. The molecule has 2 aromatic rings. The van der Waals surface area contributed by atoms with Crippen molar-refractivity contribution in [1.82, 2.24) is 4.90 Å². The van der Waals surface area contributed by atoms with Crippen LogP contribution in [0, 0.1) is 18.8 Å². The molecule has 0 spiro atoms. The molecule has 1 saturated carbocycles. The van der Waals surface area contributed by atoms with Gasteiger partial charge in [0.25, 0.3) is 0 Å². The largest absolute Gasteiger partial charge is 0.460 e. The van der Waals surface area contributed by atoms with E-state index in [9.17, 15) is 18.0 Å². The third kappa shape index (κ3) is 5.42. The average Bonchev–Trinajstić information content (AvgIpc) is 2.78. The fourth-order valence-electron chi connectivity index (χ4n) is 5.47. The summed E-state index contributed by atoms with van der Waals surface area (Å²) in [5.41, 5.74) is -0.257. The lowest BCUT2D eigenvalue weighted by Gasteiger charge is -2.45. The van der Waals surface area contributed by atoms with Crippen LogP contribution in [0.25, 0.3) is 0 Å². The number of ether oxygens (including phenoxy) is 1. The predicted molar refractivity (Wildman–Crippen MR) is 133 cm³/mol. The van der Waals surface area contributed by atoms with Crippen LogP contribution in [0.3, 0.4) is 0 Å². The van der Waals surface area contributed by atoms with Crippen LogP contribution in [0.1, 0.15) is 69.2 Å². The molecule has 1 fully saturated rings. The highest BCUT2D eigenvalue weighted by molar-refractivity contribution is 5.83. The summed E-state index contributed by atoms with van der Waals surface area (Å²) in [6.07, 6.45) is -2.12. The normalized spacial score (nSPS) is 23.1. The highest BCUT2D eigenvalue weighted by Crippen LogP contribution is 2.45. The topological polar surface area (TPSA) is 29.5 Å². The van der Waals surface area contributed by atoms with Crippen LogP contribution in [-0.2, 0) is 26.7 Å². The molecule has 4 atom stereocenters. The van der Waals surface area contributed by atoms with E-state index in [1.807, 2.05) is 18.2 Å². The Morgan fingerprint density at radius 3 is 2.17 bits per heavy atom. The summed E-state index contributed by atoms with van der Waals surface area (Å²) in [4.78, 5) is 15.5. The standard InChI is InChI=1S/C29H38F3NO2/c1-19-13-16-23(27(3,4)21-11-9-8-10-12-21)25(17-19)35-26(34)28(5,33(6)7)24-18-22(29(30,31)32)15-14-20(24)2/h8-12,14-15,18-19,23,25H,13,16-17H2,1-7H3/t19-,23-,25+,28+/m1/s1. The van der Waals surface area contributed by atoms with Crippen molar-refractivity contribution < 1.29 is 22.7 Å². The molecule has 192 valence electrons. The number of nitrogens with zero attached hydrogens (tertiary/aromatic N) is 1. The second-order valence-corrected chi connectivity index (χ2v) is 11.1. The van der Waals surface area contributed by atoms with Gasteiger partial charge < -0.3 is 4.74 Å². The van der Waals surface area contributed by atoms with Crippen molar-refractivity contribution in [2.24, 2.45) is 11.8 Å². The maximum absolute atomic E-state index is 13.9. The number of halogens is 3. The molecule has 0 radical (unpaired) electrons. The van der Waals surface area contributed by atoms with E-state index in [0.29, 0.717) is 17.0 Å². The first-order valence-electron chi connectivity index (χ1n) is 12.3. The van der Waals surface area contributed by atoms with Gasteiger partial charge in [0.1, 0.15) is 11.6 Å². The molecular formula is C29H38F3NO2. The van der Waals surface area contributed by atoms with Gasteiger partial charge in [-0.2, -0.15) is 13.2 Å². The summed E-state index contributed by atoms with van der Waals surface area (Å²) in [5, 5.41) is 0. The molecule has 0 amide bonds. The molecule has 35 heavy (non-hydrogen) atoms. The van der Waals surface area contributed by atoms with Crippen LogP contribution in [-0.4, -0.2) is 31.1 Å².